The smallest absolute Gasteiger partial charge is 0.253 e. The second kappa shape index (κ2) is 9.34. The van der Waals surface area contributed by atoms with Gasteiger partial charge in [-0.05, 0) is 57.2 Å². The molecule has 0 bridgehead atoms. The quantitative estimate of drug-likeness (QED) is 0.553. The molecule has 2 heterocycles. The monoisotopic (exact) mass is 435 g/mol. The first kappa shape index (κ1) is 21.7. The molecule has 0 spiro atoms. The average molecular weight is 436 g/mol. The highest BCUT2D eigenvalue weighted by Crippen LogP contribution is 2.33. The van der Waals surface area contributed by atoms with E-state index in [0.29, 0.717) is 24.5 Å². The summed E-state index contributed by atoms with van der Waals surface area (Å²) in [5.41, 5.74) is 3.48. The van der Waals surface area contributed by atoms with E-state index in [9.17, 15) is 4.79 Å². The molecule has 0 N–H and O–H groups in total. The lowest BCUT2D eigenvalue weighted by Gasteiger charge is -2.37. The minimum absolute atomic E-state index is 0.0484. The lowest BCUT2D eigenvalue weighted by Crippen LogP contribution is -2.46. The summed E-state index contributed by atoms with van der Waals surface area (Å²) in [7, 11) is 1.81. The van der Waals surface area contributed by atoms with Crippen LogP contribution in [0.3, 0.4) is 0 Å². The van der Waals surface area contributed by atoms with Crippen molar-refractivity contribution in [1.82, 2.24) is 10.1 Å². The first-order valence-electron chi connectivity index (χ1n) is 10.9. The molecule has 0 saturated heterocycles. The number of likely N-dealkylation sites (N-methyl/N-ethyl adjacent to an activating group) is 2. The molecule has 1 aliphatic heterocycles. The van der Waals surface area contributed by atoms with E-state index in [4.69, 9.17) is 14.0 Å². The van der Waals surface area contributed by atoms with E-state index in [1.54, 1.807) is 17.0 Å². The van der Waals surface area contributed by atoms with E-state index < -0.39 is 0 Å². The zero-order valence-electron chi connectivity index (χ0n) is 19.0. The molecule has 168 valence electrons. The van der Waals surface area contributed by atoms with Crippen molar-refractivity contribution in [2.24, 2.45) is 0 Å². The van der Waals surface area contributed by atoms with Gasteiger partial charge in [-0.3, -0.25) is 4.79 Å². The Hall–Kier alpha value is -3.48. The maximum Gasteiger partial charge on any atom is 0.253 e. The minimum Gasteiger partial charge on any atom is -0.489 e. The van der Waals surface area contributed by atoms with E-state index in [0.717, 1.165) is 41.5 Å². The number of amides is 1. The molecule has 0 fully saturated rings. The lowest BCUT2D eigenvalue weighted by molar-refractivity contribution is 0.0709. The third kappa shape index (κ3) is 4.56. The van der Waals surface area contributed by atoms with Crippen LogP contribution in [0.5, 0.6) is 11.5 Å². The number of nitrogens with zero attached hydrogens (tertiary/aromatic N) is 3. The molecule has 1 atom stereocenters. The van der Waals surface area contributed by atoms with Crippen LogP contribution < -0.4 is 14.4 Å². The number of ether oxygens (including phenoxy) is 2. The van der Waals surface area contributed by atoms with E-state index in [1.165, 1.54) is 0 Å². The standard InChI is InChI=1S/C25H29N3O4/c1-5-28-15-21(31-24-9-7-6-8-23(24)28)14-27(4)25(29)19-10-12-20(13-11-19)30-16-22-17(2)26-32-18(22)3/h6-13,21H,5,14-16H2,1-4H3/t21-/m0/s1. The Labute approximate surface area is 188 Å². The van der Waals surface area contributed by atoms with Crippen molar-refractivity contribution in [2.45, 2.75) is 33.5 Å². The molecular weight excluding hydrogens is 406 g/mol. The summed E-state index contributed by atoms with van der Waals surface area (Å²) >= 11 is 0. The summed E-state index contributed by atoms with van der Waals surface area (Å²) in [4.78, 5) is 17.0. The number of para-hydroxylation sites is 2. The van der Waals surface area contributed by atoms with E-state index >= 15 is 0 Å². The second-order valence-electron chi connectivity index (χ2n) is 8.05. The van der Waals surface area contributed by atoms with E-state index in [2.05, 4.69) is 23.0 Å². The maximum atomic E-state index is 13.0. The van der Waals surface area contributed by atoms with Crippen LogP contribution in [0.2, 0.25) is 0 Å². The van der Waals surface area contributed by atoms with Gasteiger partial charge in [-0.1, -0.05) is 17.3 Å². The van der Waals surface area contributed by atoms with Gasteiger partial charge in [0.15, 0.2) is 0 Å². The first-order chi connectivity index (χ1) is 15.5. The Morgan fingerprint density at radius 1 is 1.19 bits per heavy atom. The molecule has 2 aromatic carbocycles. The predicted octanol–water partition coefficient (Wildman–Crippen LogP) is 4.23. The van der Waals surface area contributed by atoms with Gasteiger partial charge in [0.05, 0.1) is 30.0 Å². The number of fused-ring (bicyclic) bond motifs is 1. The zero-order valence-corrected chi connectivity index (χ0v) is 19.0. The number of aryl methyl sites for hydroxylation is 2. The van der Waals surface area contributed by atoms with E-state index in [-0.39, 0.29) is 12.0 Å². The van der Waals surface area contributed by atoms with Gasteiger partial charge in [-0.2, -0.15) is 0 Å². The molecular formula is C25H29N3O4. The van der Waals surface area contributed by atoms with E-state index in [1.807, 2.05) is 51.2 Å². The van der Waals surface area contributed by atoms with Gasteiger partial charge in [0.1, 0.15) is 30.0 Å². The molecule has 0 unspecified atom stereocenters. The molecule has 0 aliphatic carbocycles. The molecule has 1 amide bonds. The lowest BCUT2D eigenvalue weighted by atomic mass is 10.1. The number of aromatic nitrogens is 1. The largest absolute Gasteiger partial charge is 0.489 e. The third-order valence-corrected chi connectivity index (χ3v) is 5.80. The van der Waals surface area contributed by atoms with Crippen LogP contribution >= 0.6 is 0 Å². The Bertz CT molecular complexity index is 1060. The van der Waals surface area contributed by atoms with Crippen LogP contribution in [0.25, 0.3) is 0 Å². The molecule has 3 aromatic rings. The highest BCUT2D eigenvalue weighted by atomic mass is 16.5. The summed E-state index contributed by atoms with van der Waals surface area (Å²) in [6, 6.07) is 15.2. The van der Waals surface area contributed by atoms with Crippen molar-refractivity contribution in [3.8, 4) is 11.5 Å². The Morgan fingerprint density at radius 3 is 2.62 bits per heavy atom. The summed E-state index contributed by atoms with van der Waals surface area (Å²) in [5, 5.41) is 3.94. The molecule has 1 aromatic heterocycles. The molecule has 0 radical (unpaired) electrons. The number of hydrogen-bond donors (Lipinski definition) is 0. The van der Waals surface area contributed by atoms with Gasteiger partial charge in [-0.15, -0.1) is 0 Å². The molecule has 1 aliphatic rings. The van der Waals surface area contributed by atoms with Crippen LogP contribution in [0.15, 0.2) is 53.1 Å². The van der Waals surface area contributed by atoms with Gasteiger partial charge in [0.2, 0.25) is 0 Å². The second-order valence-corrected chi connectivity index (χ2v) is 8.05. The fraction of sp³-hybridized carbons (Fsp3) is 0.360. The highest BCUT2D eigenvalue weighted by molar-refractivity contribution is 5.94. The SMILES string of the molecule is CCN1C[C@H](CN(C)C(=O)c2ccc(OCc3c(C)noc3C)cc2)Oc2ccccc21. The molecule has 4 rings (SSSR count). The zero-order chi connectivity index (χ0) is 22.7. The van der Waals surface area contributed by atoms with Gasteiger partial charge in [0.25, 0.3) is 5.91 Å². The number of hydrogen-bond acceptors (Lipinski definition) is 6. The fourth-order valence-electron chi connectivity index (χ4n) is 3.94. The van der Waals surface area contributed by atoms with Crippen LogP contribution in [0, 0.1) is 13.8 Å². The number of benzene rings is 2. The Balaban J connectivity index is 1.36. The van der Waals surface area contributed by atoms with Crippen LogP contribution in [-0.2, 0) is 6.61 Å². The summed E-state index contributed by atoms with van der Waals surface area (Å²) in [5.74, 6) is 2.26. The first-order valence-corrected chi connectivity index (χ1v) is 10.9. The molecule has 0 saturated carbocycles. The average Bonchev–Trinajstić information content (AvgIpc) is 3.14. The number of carbonyl (C=O) groups excluding carboxylic acids is 1. The molecule has 32 heavy (non-hydrogen) atoms. The third-order valence-electron chi connectivity index (χ3n) is 5.80. The van der Waals surface area contributed by atoms with Gasteiger partial charge in [0, 0.05) is 19.2 Å². The van der Waals surface area contributed by atoms with Gasteiger partial charge >= 0.3 is 0 Å². The van der Waals surface area contributed by atoms with Crippen LogP contribution in [-0.4, -0.2) is 48.7 Å². The number of carbonyl (C=O) groups is 1. The maximum absolute atomic E-state index is 13.0. The highest BCUT2D eigenvalue weighted by Gasteiger charge is 2.27. The Morgan fingerprint density at radius 2 is 1.94 bits per heavy atom. The van der Waals surface area contributed by atoms with Crippen LogP contribution in [0.1, 0.15) is 34.3 Å². The minimum atomic E-state index is -0.0866. The van der Waals surface area contributed by atoms with Gasteiger partial charge in [-0.25, -0.2) is 0 Å². The predicted molar refractivity (Wildman–Crippen MR) is 122 cm³/mol. The van der Waals surface area contributed by atoms with Gasteiger partial charge < -0.3 is 23.8 Å². The van der Waals surface area contributed by atoms with Crippen molar-refractivity contribution in [3.05, 3.63) is 71.1 Å². The summed E-state index contributed by atoms with van der Waals surface area (Å²) in [6.45, 7) is 8.41. The topological polar surface area (TPSA) is 68.0 Å². The summed E-state index contributed by atoms with van der Waals surface area (Å²) in [6.07, 6.45) is -0.0866. The summed E-state index contributed by atoms with van der Waals surface area (Å²) < 4.78 is 17.2. The normalized spacial score (nSPS) is 15.1. The number of rotatable bonds is 7. The van der Waals surface area contributed by atoms with Crippen molar-refractivity contribution in [2.75, 3.05) is 31.6 Å². The molecule has 7 heteroatoms. The van der Waals surface area contributed by atoms with Crippen molar-refractivity contribution in [3.63, 3.8) is 0 Å². The van der Waals surface area contributed by atoms with Crippen LogP contribution in [0.4, 0.5) is 5.69 Å². The fourth-order valence-corrected chi connectivity index (χ4v) is 3.94. The Kier molecular flexibility index (Phi) is 6.35. The van der Waals surface area contributed by atoms with Crippen molar-refractivity contribution >= 4 is 11.6 Å². The molecule has 7 nitrogen and oxygen atoms in total. The number of anilines is 1. The van der Waals surface area contributed by atoms with Crippen molar-refractivity contribution < 1.29 is 18.8 Å². The van der Waals surface area contributed by atoms with Crippen molar-refractivity contribution in [1.29, 1.82) is 0 Å².